The van der Waals surface area contributed by atoms with Crippen LogP contribution in [0.5, 0.6) is 0 Å². The zero-order valence-electron chi connectivity index (χ0n) is 12.9. The second kappa shape index (κ2) is 6.38. The quantitative estimate of drug-likeness (QED) is 0.822. The van der Waals surface area contributed by atoms with Crippen molar-refractivity contribution in [1.82, 2.24) is 5.32 Å². The van der Waals surface area contributed by atoms with E-state index in [1.165, 1.54) is 17.5 Å². The lowest BCUT2D eigenvalue weighted by atomic mass is 9.88. The van der Waals surface area contributed by atoms with E-state index in [1.807, 2.05) is 0 Å². The van der Waals surface area contributed by atoms with E-state index in [1.54, 1.807) is 0 Å². The third-order valence-corrected chi connectivity index (χ3v) is 3.46. The van der Waals surface area contributed by atoms with Crippen molar-refractivity contribution in [1.29, 1.82) is 0 Å². The molecule has 0 aliphatic rings. The van der Waals surface area contributed by atoms with Crippen LogP contribution in [0.1, 0.15) is 45.7 Å². The number of hydrogen-bond donors (Lipinski definition) is 1. The Bertz CT molecular complexity index is 343. The molecule has 1 unspecified atom stereocenters. The first-order valence-corrected chi connectivity index (χ1v) is 7.08. The Balaban J connectivity index is 2.60. The minimum Gasteiger partial charge on any atom is -0.312 e. The molecule has 0 saturated heterocycles. The van der Waals surface area contributed by atoms with Crippen molar-refractivity contribution >= 4 is 0 Å². The summed E-state index contributed by atoms with van der Waals surface area (Å²) in [7, 11) is 0. The van der Waals surface area contributed by atoms with Crippen molar-refractivity contribution in [3.05, 3.63) is 35.4 Å². The van der Waals surface area contributed by atoms with Gasteiger partial charge in [0, 0.05) is 5.54 Å². The molecule has 1 heteroatoms. The molecule has 1 rings (SSSR count). The van der Waals surface area contributed by atoms with Crippen LogP contribution in [0.4, 0.5) is 0 Å². The fourth-order valence-corrected chi connectivity index (χ4v) is 2.01. The van der Waals surface area contributed by atoms with Crippen molar-refractivity contribution in [3.63, 3.8) is 0 Å². The largest absolute Gasteiger partial charge is 0.312 e. The number of hydrogen-bond acceptors (Lipinski definition) is 1. The van der Waals surface area contributed by atoms with E-state index in [2.05, 4.69) is 71.1 Å². The average Bonchev–Trinajstić information content (AvgIpc) is 2.25. The number of rotatable bonds is 5. The zero-order valence-corrected chi connectivity index (χ0v) is 12.9. The van der Waals surface area contributed by atoms with Crippen LogP contribution in [0.15, 0.2) is 24.3 Å². The van der Waals surface area contributed by atoms with Crippen molar-refractivity contribution < 1.29 is 0 Å². The average molecular weight is 247 g/mol. The lowest BCUT2D eigenvalue weighted by Gasteiger charge is -2.27. The van der Waals surface area contributed by atoms with Gasteiger partial charge in [0.15, 0.2) is 0 Å². The van der Waals surface area contributed by atoms with Crippen LogP contribution in [0.25, 0.3) is 0 Å². The van der Waals surface area contributed by atoms with E-state index in [0.717, 1.165) is 6.54 Å². The molecular formula is C17H29N. The van der Waals surface area contributed by atoms with Crippen LogP contribution in [0.2, 0.25) is 0 Å². The Morgan fingerprint density at radius 1 is 1.06 bits per heavy atom. The molecule has 0 fully saturated rings. The summed E-state index contributed by atoms with van der Waals surface area (Å²) in [5, 5.41) is 3.63. The molecule has 0 aromatic heterocycles. The Hall–Kier alpha value is -0.820. The molecule has 0 saturated carbocycles. The molecule has 1 nitrogen and oxygen atoms in total. The third kappa shape index (κ3) is 5.68. The summed E-state index contributed by atoms with van der Waals surface area (Å²) in [5.41, 5.74) is 3.00. The van der Waals surface area contributed by atoms with Crippen LogP contribution in [0.3, 0.4) is 0 Å². The minimum atomic E-state index is 0.209. The Morgan fingerprint density at radius 3 is 2.06 bits per heavy atom. The Morgan fingerprint density at radius 2 is 1.61 bits per heavy atom. The maximum Gasteiger partial charge on any atom is 0.00966 e. The predicted molar refractivity (Wildman–Crippen MR) is 81.0 cm³/mol. The third-order valence-electron chi connectivity index (χ3n) is 3.46. The second-order valence-corrected chi connectivity index (χ2v) is 6.82. The molecule has 0 amide bonds. The van der Waals surface area contributed by atoms with E-state index < -0.39 is 0 Å². The van der Waals surface area contributed by atoms with Gasteiger partial charge < -0.3 is 5.32 Å². The molecule has 102 valence electrons. The molecule has 1 atom stereocenters. The van der Waals surface area contributed by atoms with Crippen LogP contribution < -0.4 is 5.32 Å². The van der Waals surface area contributed by atoms with Gasteiger partial charge in [-0.15, -0.1) is 0 Å². The van der Waals surface area contributed by atoms with Crippen LogP contribution in [0, 0.1) is 18.8 Å². The number of benzene rings is 1. The second-order valence-electron chi connectivity index (χ2n) is 6.82. The zero-order chi connectivity index (χ0) is 13.8. The molecular weight excluding hydrogens is 218 g/mol. The van der Waals surface area contributed by atoms with Crippen LogP contribution in [-0.4, -0.2) is 12.1 Å². The standard InChI is InChI=1S/C17H29N/c1-13(2)16(12-18-17(4,5)6)11-15-9-7-14(3)8-10-15/h7-10,13,16,18H,11-12H2,1-6H3. The predicted octanol–water partition coefficient (Wildman–Crippen LogP) is 4.20. The van der Waals surface area contributed by atoms with Gasteiger partial charge in [0.1, 0.15) is 0 Å². The topological polar surface area (TPSA) is 12.0 Å². The highest BCUT2D eigenvalue weighted by atomic mass is 14.9. The molecule has 1 aromatic carbocycles. The minimum absolute atomic E-state index is 0.209. The first-order chi connectivity index (χ1) is 8.28. The fourth-order valence-electron chi connectivity index (χ4n) is 2.01. The lowest BCUT2D eigenvalue weighted by Crippen LogP contribution is -2.40. The molecule has 1 N–H and O–H groups in total. The van der Waals surface area contributed by atoms with Gasteiger partial charge >= 0.3 is 0 Å². The van der Waals surface area contributed by atoms with Crippen molar-refractivity contribution in [2.75, 3.05) is 6.54 Å². The van der Waals surface area contributed by atoms with Crippen molar-refractivity contribution in [2.24, 2.45) is 11.8 Å². The Kier molecular flexibility index (Phi) is 5.40. The maximum absolute atomic E-state index is 3.63. The number of nitrogens with one attached hydrogen (secondary N) is 1. The van der Waals surface area contributed by atoms with Crippen LogP contribution in [-0.2, 0) is 6.42 Å². The summed E-state index contributed by atoms with van der Waals surface area (Å²) >= 11 is 0. The van der Waals surface area contributed by atoms with Gasteiger partial charge in [-0.25, -0.2) is 0 Å². The van der Waals surface area contributed by atoms with Crippen molar-refractivity contribution in [3.8, 4) is 0 Å². The van der Waals surface area contributed by atoms with E-state index in [-0.39, 0.29) is 5.54 Å². The van der Waals surface area contributed by atoms with Gasteiger partial charge in [-0.05, 0) is 58.1 Å². The first-order valence-electron chi connectivity index (χ1n) is 7.08. The van der Waals surface area contributed by atoms with Crippen molar-refractivity contribution in [2.45, 2.75) is 53.5 Å². The highest BCUT2D eigenvalue weighted by Gasteiger charge is 2.17. The van der Waals surface area contributed by atoms with E-state index in [4.69, 9.17) is 0 Å². The highest BCUT2D eigenvalue weighted by molar-refractivity contribution is 5.21. The molecule has 0 spiro atoms. The summed E-state index contributed by atoms with van der Waals surface area (Å²) in [4.78, 5) is 0. The molecule has 0 heterocycles. The van der Waals surface area contributed by atoms with Gasteiger partial charge in [-0.1, -0.05) is 43.7 Å². The van der Waals surface area contributed by atoms with Gasteiger partial charge in [0.25, 0.3) is 0 Å². The van der Waals surface area contributed by atoms with E-state index >= 15 is 0 Å². The molecule has 0 bridgehead atoms. The fraction of sp³-hybridized carbons (Fsp3) is 0.647. The Labute approximate surface area is 113 Å². The highest BCUT2D eigenvalue weighted by Crippen LogP contribution is 2.18. The molecule has 0 radical (unpaired) electrons. The first kappa shape index (κ1) is 15.2. The SMILES string of the molecule is Cc1ccc(CC(CNC(C)(C)C)C(C)C)cc1. The summed E-state index contributed by atoms with van der Waals surface area (Å²) < 4.78 is 0. The molecule has 18 heavy (non-hydrogen) atoms. The van der Waals surface area contributed by atoms with Crippen LogP contribution >= 0.6 is 0 Å². The lowest BCUT2D eigenvalue weighted by molar-refractivity contribution is 0.312. The number of aryl methyl sites for hydroxylation is 1. The maximum atomic E-state index is 3.63. The molecule has 0 aliphatic carbocycles. The van der Waals surface area contributed by atoms with E-state index in [0.29, 0.717) is 11.8 Å². The van der Waals surface area contributed by atoms with Gasteiger partial charge in [0.05, 0.1) is 0 Å². The summed E-state index contributed by atoms with van der Waals surface area (Å²) in [6.45, 7) is 14.6. The van der Waals surface area contributed by atoms with Gasteiger partial charge in [0.2, 0.25) is 0 Å². The summed E-state index contributed by atoms with van der Waals surface area (Å²) in [6, 6.07) is 8.96. The van der Waals surface area contributed by atoms with Gasteiger partial charge in [-0.3, -0.25) is 0 Å². The summed E-state index contributed by atoms with van der Waals surface area (Å²) in [5.74, 6) is 1.41. The molecule has 1 aromatic rings. The smallest absolute Gasteiger partial charge is 0.00966 e. The normalized spacial score (nSPS) is 13.9. The van der Waals surface area contributed by atoms with Gasteiger partial charge in [-0.2, -0.15) is 0 Å². The molecule has 0 aliphatic heterocycles. The summed E-state index contributed by atoms with van der Waals surface area (Å²) in [6.07, 6.45) is 1.17. The van der Waals surface area contributed by atoms with E-state index in [9.17, 15) is 0 Å². The monoisotopic (exact) mass is 247 g/mol.